The largest absolute Gasteiger partial charge is 0.298 e. The summed E-state index contributed by atoms with van der Waals surface area (Å²) in [6.45, 7) is 1.46. The predicted molar refractivity (Wildman–Crippen MR) is 44.3 cm³/mol. The maximum absolute atomic E-state index is 12.3. The normalized spacial score (nSPS) is 10.5. The third kappa shape index (κ3) is 2.01. The summed E-state index contributed by atoms with van der Waals surface area (Å²) < 4.78 is 24.7. The number of hydrogen-bond donors (Lipinski definition) is 0. The van der Waals surface area contributed by atoms with Gasteiger partial charge < -0.3 is 0 Å². The molecule has 70 valence electrons. The van der Waals surface area contributed by atoms with Crippen LogP contribution < -0.4 is 0 Å². The highest BCUT2D eigenvalue weighted by Crippen LogP contribution is 2.25. The molecule has 0 spiro atoms. The number of aryl methyl sites for hydroxylation is 1. The molecule has 0 radical (unpaired) electrons. The number of nitrogens with zero attached hydrogens (tertiary/aromatic N) is 1. The Morgan fingerprint density at radius 1 is 1.62 bits per heavy atom. The van der Waals surface area contributed by atoms with Crippen LogP contribution in [0.4, 0.5) is 8.78 Å². The Morgan fingerprint density at radius 2 is 2.23 bits per heavy atom. The van der Waals surface area contributed by atoms with Crippen LogP contribution in [0.1, 0.15) is 28.0 Å². The molecule has 1 aromatic rings. The number of halogens is 3. The standard InChI is InChI=1S/C8H6ClF2NO/c1-4-6(3-13)5(8(10)11)2-7(9)12-4/h2-3,8H,1H3. The highest BCUT2D eigenvalue weighted by molar-refractivity contribution is 6.29. The third-order valence-electron chi connectivity index (χ3n) is 1.60. The molecular weight excluding hydrogens is 200 g/mol. The Bertz CT molecular complexity index is 341. The van der Waals surface area contributed by atoms with E-state index < -0.39 is 6.43 Å². The molecular formula is C8H6ClF2NO. The fourth-order valence-corrected chi connectivity index (χ4v) is 1.25. The summed E-state index contributed by atoms with van der Waals surface area (Å²) in [6.07, 6.45) is -2.35. The van der Waals surface area contributed by atoms with Gasteiger partial charge in [-0.15, -0.1) is 0 Å². The third-order valence-corrected chi connectivity index (χ3v) is 1.80. The average Bonchev–Trinajstić information content (AvgIpc) is 2.02. The van der Waals surface area contributed by atoms with Crippen LogP contribution in [0.3, 0.4) is 0 Å². The van der Waals surface area contributed by atoms with E-state index in [2.05, 4.69) is 4.98 Å². The van der Waals surface area contributed by atoms with Gasteiger partial charge in [0.15, 0.2) is 6.29 Å². The summed E-state index contributed by atoms with van der Waals surface area (Å²) in [5.41, 5.74) is -0.232. The summed E-state index contributed by atoms with van der Waals surface area (Å²) >= 11 is 5.46. The Balaban J connectivity index is 3.38. The molecule has 0 N–H and O–H groups in total. The van der Waals surface area contributed by atoms with E-state index in [0.717, 1.165) is 6.07 Å². The van der Waals surface area contributed by atoms with Gasteiger partial charge in [0.05, 0.1) is 5.69 Å². The van der Waals surface area contributed by atoms with Gasteiger partial charge in [0, 0.05) is 11.1 Å². The van der Waals surface area contributed by atoms with E-state index in [1.54, 1.807) is 0 Å². The van der Waals surface area contributed by atoms with E-state index >= 15 is 0 Å². The first-order valence-electron chi connectivity index (χ1n) is 3.46. The van der Waals surface area contributed by atoms with Crippen molar-refractivity contribution in [3.8, 4) is 0 Å². The highest BCUT2D eigenvalue weighted by atomic mass is 35.5. The maximum Gasteiger partial charge on any atom is 0.264 e. The van der Waals surface area contributed by atoms with Gasteiger partial charge in [-0.3, -0.25) is 4.79 Å². The van der Waals surface area contributed by atoms with Crippen LogP contribution in [-0.2, 0) is 0 Å². The number of hydrogen-bond acceptors (Lipinski definition) is 2. The van der Waals surface area contributed by atoms with Gasteiger partial charge in [-0.25, -0.2) is 13.8 Å². The Morgan fingerprint density at radius 3 is 2.69 bits per heavy atom. The molecule has 1 heterocycles. The van der Waals surface area contributed by atoms with Crippen molar-refractivity contribution in [2.24, 2.45) is 0 Å². The summed E-state index contributed by atoms with van der Waals surface area (Å²) in [4.78, 5) is 14.1. The summed E-state index contributed by atoms with van der Waals surface area (Å²) in [5.74, 6) is 0. The van der Waals surface area contributed by atoms with Gasteiger partial charge >= 0.3 is 0 Å². The lowest BCUT2D eigenvalue weighted by Gasteiger charge is -2.05. The topological polar surface area (TPSA) is 30.0 Å². The number of carbonyl (C=O) groups excluding carboxylic acids is 1. The van der Waals surface area contributed by atoms with Crippen LogP contribution in [0.15, 0.2) is 6.07 Å². The second-order valence-electron chi connectivity index (χ2n) is 2.45. The number of aromatic nitrogens is 1. The quantitative estimate of drug-likeness (QED) is 0.549. The molecule has 13 heavy (non-hydrogen) atoms. The molecule has 5 heteroatoms. The number of alkyl halides is 2. The van der Waals surface area contributed by atoms with Crippen molar-refractivity contribution in [1.29, 1.82) is 0 Å². The smallest absolute Gasteiger partial charge is 0.264 e. The average molecular weight is 206 g/mol. The summed E-state index contributed by atoms with van der Waals surface area (Å²) in [6, 6.07) is 1.00. The van der Waals surface area contributed by atoms with Gasteiger partial charge in [0.25, 0.3) is 6.43 Å². The molecule has 1 rings (SSSR count). The SMILES string of the molecule is Cc1nc(Cl)cc(C(F)F)c1C=O. The molecule has 0 fully saturated rings. The van der Waals surface area contributed by atoms with Gasteiger partial charge in [0.2, 0.25) is 0 Å². The predicted octanol–water partition coefficient (Wildman–Crippen LogP) is 2.79. The maximum atomic E-state index is 12.3. The Kier molecular flexibility index (Phi) is 2.93. The second kappa shape index (κ2) is 3.79. The zero-order valence-electron chi connectivity index (χ0n) is 6.72. The van der Waals surface area contributed by atoms with Crippen LogP contribution >= 0.6 is 11.6 Å². The minimum atomic E-state index is -2.71. The minimum absolute atomic E-state index is 0.0293. The Hall–Kier alpha value is -1.03. The first-order valence-corrected chi connectivity index (χ1v) is 3.84. The first kappa shape index (κ1) is 10.1. The van der Waals surface area contributed by atoms with E-state index in [1.807, 2.05) is 0 Å². The molecule has 0 aliphatic rings. The number of rotatable bonds is 2. The van der Waals surface area contributed by atoms with Crippen molar-refractivity contribution in [3.05, 3.63) is 28.0 Å². The second-order valence-corrected chi connectivity index (χ2v) is 2.84. The molecule has 0 unspecified atom stereocenters. The van der Waals surface area contributed by atoms with Gasteiger partial charge in [-0.1, -0.05) is 11.6 Å². The molecule has 0 aliphatic heterocycles. The lowest BCUT2D eigenvalue weighted by atomic mass is 10.1. The van der Waals surface area contributed by atoms with Gasteiger partial charge in [-0.05, 0) is 13.0 Å². The zero-order chi connectivity index (χ0) is 10.0. The first-order chi connectivity index (χ1) is 6.06. The van der Waals surface area contributed by atoms with Crippen LogP contribution in [0.5, 0.6) is 0 Å². The lowest BCUT2D eigenvalue weighted by Crippen LogP contribution is -1.99. The summed E-state index contributed by atoms with van der Waals surface area (Å²) in [7, 11) is 0. The minimum Gasteiger partial charge on any atom is -0.298 e. The molecule has 0 saturated carbocycles. The van der Waals surface area contributed by atoms with Crippen molar-refractivity contribution >= 4 is 17.9 Å². The van der Waals surface area contributed by atoms with Crippen molar-refractivity contribution in [3.63, 3.8) is 0 Å². The molecule has 0 aromatic carbocycles. The van der Waals surface area contributed by atoms with E-state index in [-0.39, 0.29) is 22.0 Å². The van der Waals surface area contributed by atoms with Crippen LogP contribution in [0.25, 0.3) is 0 Å². The molecule has 1 aromatic heterocycles. The van der Waals surface area contributed by atoms with E-state index in [9.17, 15) is 13.6 Å². The molecule has 0 amide bonds. The summed E-state index contributed by atoms with van der Waals surface area (Å²) in [5, 5.41) is -0.0293. The molecule has 0 atom stereocenters. The Labute approximate surface area is 78.5 Å². The van der Waals surface area contributed by atoms with Crippen molar-refractivity contribution in [1.82, 2.24) is 4.98 Å². The fraction of sp³-hybridized carbons (Fsp3) is 0.250. The van der Waals surface area contributed by atoms with Crippen molar-refractivity contribution < 1.29 is 13.6 Å². The van der Waals surface area contributed by atoms with Crippen molar-refractivity contribution in [2.45, 2.75) is 13.3 Å². The number of pyridine rings is 1. The highest BCUT2D eigenvalue weighted by Gasteiger charge is 2.16. The molecule has 0 bridgehead atoms. The van der Waals surface area contributed by atoms with Crippen molar-refractivity contribution in [2.75, 3.05) is 0 Å². The monoisotopic (exact) mass is 205 g/mol. The van der Waals surface area contributed by atoms with Gasteiger partial charge in [-0.2, -0.15) is 0 Å². The number of carbonyl (C=O) groups is 1. The fourth-order valence-electron chi connectivity index (χ4n) is 1.00. The van der Waals surface area contributed by atoms with Crippen LogP contribution in [-0.4, -0.2) is 11.3 Å². The van der Waals surface area contributed by atoms with Crippen LogP contribution in [0.2, 0.25) is 5.15 Å². The van der Waals surface area contributed by atoms with Crippen LogP contribution in [0, 0.1) is 6.92 Å². The van der Waals surface area contributed by atoms with E-state index in [1.165, 1.54) is 6.92 Å². The molecule has 0 aliphatic carbocycles. The zero-order valence-corrected chi connectivity index (χ0v) is 7.48. The van der Waals surface area contributed by atoms with E-state index in [4.69, 9.17) is 11.6 Å². The molecule has 2 nitrogen and oxygen atoms in total. The molecule has 0 saturated heterocycles. The van der Waals surface area contributed by atoms with Gasteiger partial charge in [0.1, 0.15) is 5.15 Å². The van der Waals surface area contributed by atoms with E-state index in [0.29, 0.717) is 6.29 Å². The number of aldehydes is 1. The lowest BCUT2D eigenvalue weighted by molar-refractivity contribution is 0.110.